The van der Waals surface area contributed by atoms with E-state index in [9.17, 15) is 5.21 Å². The van der Waals surface area contributed by atoms with Gasteiger partial charge in [-0.3, -0.25) is 5.23 Å². The summed E-state index contributed by atoms with van der Waals surface area (Å²) in [6.07, 6.45) is 5.45. The van der Waals surface area contributed by atoms with Crippen LogP contribution < -0.4 is 0 Å². The molecule has 3 unspecified atom stereocenters. The normalized spacial score (nSPS) is 39.8. The summed E-state index contributed by atoms with van der Waals surface area (Å²) in [6.45, 7) is 0.640. The van der Waals surface area contributed by atoms with Crippen molar-refractivity contribution in [3.63, 3.8) is 0 Å². The Kier molecular flexibility index (Phi) is 2.35. The van der Waals surface area contributed by atoms with Crippen LogP contribution in [0.4, 0.5) is 0 Å². The van der Waals surface area contributed by atoms with Crippen molar-refractivity contribution < 1.29 is 4.84 Å². The van der Waals surface area contributed by atoms with Gasteiger partial charge in [0.05, 0.1) is 6.61 Å². The Morgan fingerprint density at radius 1 is 1.42 bits per heavy atom. The summed E-state index contributed by atoms with van der Waals surface area (Å²) in [5.41, 5.74) is 0. The van der Waals surface area contributed by atoms with Gasteiger partial charge in [-0.25, -0.2) is 0 Å². The van der Waals surface area contributed by atoms with Gasteiger partial charge in [0.1, 0.15) is 0 Å². The van der Waals surface area contributed by atoms with Gasteiger partial charge in [-0.15, -0.1) is 0 Å². The van der Waals surface area contributed by atoms with Crippen LogP contribution in [0.5, 0.6) is 0 Å². The Balaban J connectivity index is 1.76. The first-order valence-corrected chi connectivity index (χ1v) is 4.79. The average Bonchev–Trinajstić information content (AvgIpc) is 2.60. The largest absolute Gasteiger partial charge is 0.762 e. The Bertz CT molecular complexity index is 161. The SMILES string of the molecule is CN([O-])OCC1CC2CCC1C2. The quantitative estimate of drug-likeness (QED) is 0.606. The highest BCUT2D eigenvalue weighted by molar-refractivity contribution is 4.89. The van der Waals surface area contributed by atoms with Crippen molar-refractivity contribution >= 4 is 0 Å². The summed E-state index contributed by atoms with van der Waals surface area (Å²) in [5.74, 6) is 2.47. The van der Waals surface area contributed by atoms with Crippen LogP contribution in [0.3, 0.4) is 0 Å². The highest BCUT2D eigenvalue weighted by atomic mass is 16.9. The summed E-state index contributed by atoms with van der Waals surface area (Å²) in [6, 6.07) is 0. The van der Waals surface area contributed by atoms with Crippen LogP contribution in [0.1, 0.15) is 25.7 Å². The Hall–Kier alpha value is -0.120. The summed E-state index contributed by atoms with van der Waals surface area (Å²) >= 11 is 0. The molecule has 0 heterocycles. The molecule has 0 aromatic carbocycles. The standard InChI is InChI=1S/C9H16NO2/c1-10(11)12-6-9-5-7-2-3-8(9)4-7/h7-9H,2-6H2,1H3/q-1. The molecule has 0 saturated heterocycles. The fourth-order valence-electron chi connectivity index (χ4n) is 2.78. The number of rotatable bonds is 3. The van der Waals surface area contributed by atoms with Gasteiger partial charge in [0, 0.05) is 0 Å². The van der Waals surface area contributed by atoms with E-state index in [1.807, 2.05) is 0 Å². The number of hydrogen-bond acceptors (Lipinski definition) is 3. The summed E-state index contributed by atoms with van der Waals surface area (Å²) in [7, 11) is 1.41. The predicted molar refractivity (Wildman–Crippen MR) is 46.0 cm³/mol. The number of fused-ring (bicyclic) bond motifs is 2. The molecule has 2 aliphatic carbocycles. The van der Waals surface area contributed by atoms with Crippen molar-refractivity contribution in [2.45, 2.75) is 25.7 Å². The second kappa shape index (κ2) is 3.32. The predicted octanol–water partition coefficient (Wildman–Crippen LogP) is 1.78. The van der Waals surface area contributed by atoms with Crippen LogP contribution in [-0.2, 0) is 4.84 Å². The zero-order chi connectivity index (χ0) is 8.55. The molecule has 0 radical (unpaired) electrons. The maximum Gasteiger partial charge on any atom is 0.0703 e. The molecule has 2 bridgehead atoms. The Morgan fingerprint density at radius 2 is 2.25 bits per heavy atom. The fourth-order valence-corrected chi connectivity index (χ4v) is 2.78. The summed E-state index contributed by atoms with van der Waals surface area (Å²) in [5, 5.41) is 11.1. The molecule has 3 heteroatoms. The molecule has 0 aromatic rings. The molecule has 2 aliphatic rings. The third-order valence-corrected chi connectivity index (χ3v) is 3.35. The summed E-state index contributed by atoms with van der Waals surface area (Å²) < 4.78 is 0. The van der Waals surface area contributed by atoms with Gasteiger partial charge in [0.2, 0.25) is 0 Å². The van der Waals surface area contributed by atoms with Crippen LogP contribution in [0, 0.1) is 23.0 Å². The van der Waals surface area contributed by atoms with Crippen LogP contribution in [-0.4, -0.2) is 18.9 Å². The lowest BCUT2D eigenvalue weighted by Gasteiger charge is -2.27. The first-order chi connectivity index (χ1) is 5.75. The molecule has 12 heavy (non-hydrogen) atoms. The average molecular weight is 170 g/mol. The molecule has 2 saturated carbocycles. The fraction of sp³-hybridized carbons (Fsp3) is 1.00. The minimum atomic E-state index is 0.575. The van der Waals surface area contributed by atoms with Gasteiger partial charge in [-0.2, -0.15) is 0 Å². The van der Waals surface area contributed by atoms with Gasteiger partial charge in [0.25, 0.3) is 0 Å². The van der Waals surface area contributed by atoms with E-state index < -0.39 is 0 Å². The number of nitrogens with zero attached hydrogens (tertiary/aromatic N) is 1. The minimum Gasteiger partial charge on any atom is -0.762 e. The summed E-state index contributed by atoms with van der Waals surface area (Å²) in [4.78, 5) is 4.96. The zero-order valence-corrected chi connectivity index (χ0v) is 7.53. The molecule has 2 rings (SSSR count). The molecule has 70 valence electrons. The molecule has 0 N–H and O–H groups in total. The van der Waals surface area contributed by atoms with E-state index >= 15 is 0 Å². The highest BCUT2D eigenvalue weighted by Crippen LogP contribution is 2.48. The number of hydroxylamine groups is 2. The van der Waals surface area contributed by atoms with Gasteiger partial charge >= 0.3 is 0 Å². The van der Waals surface area contributed by atoms with Crippen molar-refractivity contribution in [1.29, 1.82) is 0 Å². The van der Waals surface area contributed by atoms with Crippen LogP contribution in [0.25, 0.3) is 0 Å². The zero-order valence-electron chi connectivity index (χ0n) is 7.53. The lowest BCUT2D eigenvalue weighted by atomic mass is 9.90. The number of hydrogen-bond donors (Lipinski definition) is 0. The topological polar surface area (TPSA) is 35.5 Å². The first kappa shape index (κ1) is 8.48. The van der Waals surface area contributed by atoms with Crippen molar-refractivity contribution in [2.75, 3.05) is 13.7 Å². The van der Waals surface area contributed by atoms with E-state index in [1.54, 1.807) is 0 Å². The molecule has 0 amide bonds. The van der Waals surface area contributed by atoms with E-state index in [0.29, 0.717) is 17.8 Å². The molecule has 0 aliphatic heterocycles. The second-order valence-electron chi connectivity index (χ2n) is 4.17. The van der Waals surface area contributed by atoms with Crippen molar-refractivity contribution in [2.24, 2.45) is 17.8 Å². The highest BCUT2D eigenvalue weighted by Gasteiger charge is 2.39. The Labute approximate surface area is 73.2 Å². The van der Waals surface area contributed by atoms with Gasteiger partial charge in [-0.1, -0.05) is 6.42 Å². The molecule has 0 aromatic heterocycles. The molecule has 0 spiro atoms. The third kappa shape index (κ3) is 1.63. The molecular formula is C9H16NO2-. The lowest BCUT2D eigenvalue weighted by Crippen LogP contribution is -2.21. The van der Waals surface area contributed by atoms with Crippen molar-refractivity contribution in [3.05, 3.63) is 5.21 Å². The van der Waals surface area contributed by atoms with E-state index in [2.05, 4.69) is 0 Å². The molecular weight excluding hydrogens is 154 g/mol. The maximum atomic E-state index is 10.5. The van der Waals surface area contributed by atoms with E-state index in [0.717, 1.165) is 11.8 Å². The lowest BCUT2D eigenvalue weighted by molar-refractivity contribution is -0.119. The van der Waals surface area contributed by atoms with E-state index in [4.69, 9.17) is 4.84 Å². The van der Waals surface area contributed by atoms with E-state index in [1.165, 1.54) is 32.7 Å². The Morgan fingerprint density at radius 3 is 2.75 bits per heavy atom. The van der Waals surface area contributed by atoms with Crippen molar-refractivity contribution in [3.8, 4) is 0 Å². The van der Waals surface area contributed by atoms with Gasteiger partial charge in [-0.05, 0) is 44.1 Å². The first-order valence-electron chi connectivity index (χ1n) is 4.79. The second-order valence-corrected chi connectivity index (χ2v) is 4.17. The van der Waals surface area contributed by atoms with Crippen LogP contribution in [0.15, 0.2) is 0 Å². The maximum absolute atomic E-state index is 10.5. The molecule has 3 atom stereocenters. The molecule has 3 nitrogen and oxygen atoms in total. The smallest absolute Gasteiger partial charge is 0.0703 e. The van der Waals surface area contributed by atoms with E-state index in [-0.39, 0.29) is 0 Å². The van der Waals surface area contributed by atoms with Crippen LogP contribution >= 0.6 is 0 Å². The monoisotopic (exact) mass is 170 g/mol. The van der Waals surface area contributed by atoms with Gasteiger partial charge < -0.3 is 10.0 Å². The minimum absolute atomic E-state index is 0.575. The van der Waals surface area contributed by atoms with Crippen LogP contribution in [0.2, 0.25) is 0 Å². The van der Waals surface area contributed by atoms with Crippen molar-refractivity contribution in [1.82, 2.24) is 5.23 Å². The van der Waals surface area contributed by atoms with Gasteiger partial charge in [0.15, 0.2) is 0 Å². The third-order valence-electron chi connectivity index (χ3n) is 3.35. The molecule has 2 fully saturated rings.